The van der Waals surface area contributed by atoms with Crippen molar-refractivity contribution in [2.24, 2.45) is 13.0 Å². The van der Waals surface area contributed by atoms with Gasteiger partial charge in [0.1, 0.15) is 5.75 Å². The first kappa shape index (κ1) is 24.7. The zero-order chi connectivity index (χ0) is 23.8. The average molecular weight is 478 g/mol. The number of benzene rings is 1. The van der Waals surface area contributed by atoms with Crippen molar-refractivity contribution < 1.29 is 22.7 Å². The highest BCUT2D eigenvalue weighted by molar-refractivity contribution is 7.89. The topological polar surface area (TPSA) is 123 Å². The number of para-hydroxylation sites is 1. The summed E-state index contributed by atoms with van der Waals surface area (Å²) in [4.78, 5) is 29.1. The molecule has 180 valence electrons. The van der Waals surface area contributed by atoms with Crippen molar-refractivity contribution in [2.45, 2.75) is 37.3 Å². The number of methoxy groups -OCH3 is 1. The van der Waals surface area contributed by atoms with Gasteiger partial charge in [-0.2, -0.15) is 4.31 Å². The van der Waals surface area contributed by atoms with E-state index in [1.54, 1.807) is 18.7 Å². The van der Waals surface area contributed by atoms with Gasteiger partial charge >= 0.3 is 0 Å². The molecule has 11 heteroatoms. The van der Waals surface area contributed by atoms with Crippen LogP contribution in [0.25, 0.3) is 0 Å². The summed E-state index contributed by atoms with van der Waals surface area (Å²) in [6.45, 7) is 0.961. The van der Waals surface area contributed by atoms with Gasteiger partial charge in [-0.3, -0.25) is 9.59 Å². The Hall–Kier alpha value is -2.92. The number of aromatic nitrogens is 2. The van der Waals surface area contributed by atoms with E-state index in [1.165, 1.54) is 16.8 Å². The molecule has 33 heavy (non-hydrogen) atoms. The number of carbonyl (C=O) groups excluding carboxylic acids is 2. The first-order valence-electron chi connectivity index (χ1n) is 11.0. The molecule has 1 unspecified atom stereocenters. The number of imidazole rings is 1. The second-order valence-corrected chi connectivity index (χ2v) is 9.92. The quantitative estimate of drug-likeness (QED) is 0.641. The van der Waals surface area contributed by atoms with Crippen LogP contribution in [0, 0.1) is 5.92 Å². The van der Waals surface area contributed by atoms with Crippen molar-refractivity contribution in [2.75, 3.05) is 26.7 Å². The van der Waals surface area contributed by atoms with Gasteiger partial charge < -0.3 is 19.9 Å². The number of nitrogens with one attached hydrogen (secondary N) is 2. The van der Waals surface area contributed by atoms with Crippen LogP contribution in [0.3, 0.4) is 0 Å². The molecule has 0 radical (unpaired) electrons. The van der Waals surface area contributed by atoms with E-state index in [2.05, 4.69) is 15.6 Å². The first-order valence-corrected chi connectivity index (χ1v) is 12.4. The summed E-state index contributed by atoms with van der Waals surface area (Å²) in [5, 5.41) is 5.69. The van der Waals surface area contributed by atoms with Crippen LogP contribution in [0.5, 0.6) is 5.75 Å². The van der Waals surface area contributed by atoms with Crippen LogP contribution < -0.4 is 15.4 Å². The van der Waals surface area contributed by atoms with Crippen LogP contribution >= 0.6 is 0 Å². The molecule has 10 nitrogen and oxygen atoms in total. The van der Waals surface area contributed by atoms with E-state index >= 15 is 0 Å². The van der Waals surface area contributed by atoms with Crippen LogP contribution in [0.15, 0.2) is 41.8 Å². The van der Waals surface area contributed by atoms with Crippen LogP contribution in [0.4, 0.5) is 0 Å². The monoisotopic (exact) mass is 477 g/mol. The largest absolute Gasteiger partial charge is 0.496 e. The van der Waals surface area contributed by atoms with Gasteiger partial charge in [-0.25, -0.2) is 13.4 Å². The summed E-state index contributed by atoms with van der Waals surface area (Å²) < 4.78 is 34.2. The minimum atomic E-state index is -3.83. The molecule has 1 aliphatic rings. The minimum Gasteiger partial charge on any atom is -0.496 e. The molecule has 2 heterocycles. The number of rotatable bonds is 6. The van der Waals surface area contributed by atoms with E-state index in [4.69, 9.17) is 4.74 Å². The van der Waals surface area contributed by atoms with Crippen molar-refractivity contribution in [1.29, 1.82) is 0 Å². The Balaban J connectivity index is 1.67. The van der Waals surface area contributed by atoms with Crippen LogP contribution in [0.2, 0.25) is 0 Å². The number of aryl methyl sites for hydroxylation is 1. The van der Waals surface area contributed by atoms with Gasteiger partial charge in [0, 0.05) is 57.3 Å². The molecule has 0 saturated carbocycles. The molecule has 1 atom stereocenters. The van der Waals surface area contributed by atoms with E-state index in [0.717, 1.165) is 5.56 Å². The lowest BCUT2D eigenvalue weighted by Gasteiger charge is -2.21. The molecule has 1 aromatic heterocycles. The Morgan fingerprint density at radius 1 is 1.27 bits per heavy atom. The Morgan fingerprint density at radius 3 is 2.79 bits per heavy atom. The fourth-order valence-electron chi connectivity index (χ4n) is 3.80. The molecule has 1 aliphatic heterocycles. The molecule has 1 aromatic carbocycles. The summed E-state index contributed by atoms with van der Waals surface area (Å²) in [6.07, 6.45) is 4.39. The van der Waals surface area contributed by atoms with E-state index in [-0.39, 0.29) is 42.3 Å². The summed E-state index contributed by atoms with van der Waals surface area (Å²) in [5.41, 5.74) is 0.867. The third-order valence-electron chi connectivity index (χ3n) is 5.67. The molecule has 0 aliphatic carbocycles. The highest BCUT2D eigenvalue weighted by Crippen LogP contribution is 2.20. The molecular formula is C22H31N5O5S. The van der Waals surface area contributed by atoms with Crippen molar-refractivity contribution in [3.05, 3.63) is 42.4 Å². The minimum absolute atomic E-state index is 0.0496. The summed E-state index contributed by atoms with van der Waals surface area (Å²) in [5.74, 6) is -0.0276. The number of carbonyl (C=O) groups is 2. The molecule has 2 aromatic rings. The lowest BCUT2D eigenvalue weighted by Crippen LogP contribution is -2.36. The smallest absolute Gasteiger partial charge is 0.262 e. The standard InChI is InChI=1S/C22H31N5O5S/c1-26-15-21(25-16-26)33(30,31)27-12-5-7-17(9-11-23-20(28)10-13-27)22(29)24-14-18-6-3-4-8-19(18)32-2/h3-4,6,8,15-17H,5,7,9-14H2,1-2H3,(H,23,28)(H,24,29). The molecule has 0 spiro atoms. The number of hydrogen-bond acceptors (Lipinski definition) is 6. The zero-order valence-corrected chi connectivity index (χ0v) is 19.8. The maximum absolute atomic E-state index is 13.0. The predicted molar refractivity (Wildman–Crippen MR) is 122 cm³/mol. The van der Waals surface area contributed by atoms with Gasteiger partial charge in [0.25, 0.3) is 10.0 Å². The second-order valence-electron chi connectivity index (χ2n) is 8.04. The Bertz CT molecular complexity index is 1070. The average Bonchev–Trinajstić information content (AvgIpc) is 3.23. The number of amides is 2. The van der Waals surface area contributed by atoms with E-state index in [9.17, 15) is 18.0 Å². The molecule has 1 saturated heterocycles. The SMILES string of the molecule is COc1ccccc1CNC(=O)C1CCCN(S(=O)(=O)c2cn(C)cn2)CCC(=O)NCC1. The van der Waals surface area contributed by atoms with Crippen molar-refractivity contribution in [3.63, 3.8) is 0 Å². The Labute approximate surface area is 194 Å². The number of sulfonamides is 1. The van der Waals surface area contributed by atoms with Crippen molar-refractivity contribution in [1.82, 2.24) is 24.5 Å². The number of hydrogen-bond donors (Lipinski definition) is 2. The number of ether oxygens (including phenoxy) is 1. The summed E-state index contributed by atoms with van der Waals surface area (Å²) in [6, 6.07) is 7.46. The Kier molecular flexibility index (Phi) is 8.45. The fraction of sp³-hybridized carbons (Fsp3) is 0.500. The molecule has 3 rings (SSSR count). The maximum atomic E-state index is 13.0. The maximum Gasteiger partial charge on any atom is 0.262 e. The highest BCUT2D eigenvalue weighted by atomic mass is 32.2. The van der Waals surface area contributed by atoms with E-state index in [1.807, 2.05) is 24.3 Å². The van der Waals surface area contributed by atoms with Gasteiger partial charge in [0.2, 0.25) is 11.8 Å². The lowest BCUT2D eigenvalue weighted by atomic mass is 9.98. The molecule has 1 fully saturated rings. The summed E-state index contributed by atoms with van der Waals surface area (Å²) >= 11 is 0. The third-order valence-corrected chi connectivity index (χ3v) is 7.45. The van der Waals surface area contributed by atoms with E-state index < -0.39 is 10.0 Å². The van der Waals surface area contributed by atoms with E-state index in [0.29, 0.717) is 38.1 Å². The van der Waals surface area contributed by atoms with Gasteiger partial charge in [-0.1, -0.05) is 18.2 Å². The van der Waals surface area contributed by atoms with Gasteiger partial charge in [0.05, 0.1) is 13.4 Å². The van der Waals surface area contributed by atoms with Gasteiger partial charge in [-0.05, 0) is 25.3 Å². The van der Waals surface area contributed by atoms with Crippen molar-refractivity contribution in [3.8, 4) is 5.75 Å². The Morgan fingerprint density at radius 2 is 2.06 bits per heavy atom. The zero-order valence-electron chi connectivity index (χ0n) is 19.0. The number of nitrogens with zero attached hydrogens (tertiary/aromatic N) is 3. The van der Waals surface area contributed by atoms with Crippen molar-refractivity contribution >= 4 is 21.8 Å². The molecule has 2 N–H and O–H groups in total. The van der Waals surface area contributed by atoms with Crippen LogP contribution in [0.1, 0.15) is 31.2 Å². The van der Waals surface area contributed by atoms with Gasteiger partial charge in [0.15, 0.2) is 5.03 Å². The molecule has 2 amide bonds. The van der Waals surface area contributed by atoms with Gasteiger partial charge in [-0.15, -0.1) is 0 Å². The predicted octanol–water partition coefficient (Wildman–Crippen LogP) is 1.04. The lowest BCUT2D eigenvalue weighted by molar-refractivity contribution is -0.126. The normalized spacial score (nSPS) is 18.7. The molecule has 0 bridgehead atoms. The summed E-state index contributed by atoms with van der Waals surface area (Å²) in [7, 11) is -0.552. The first-order chi connectivity index (χ1) is 15.8. The second kappa shape index (κ2) is 11.3. The molecular weight excluding hydrogens is 446 g/mol. The fourth-order valence-corrected chi connectivity index (χ4v) is 5.25. The highest BCUT2D eigenvalue weighted by Gasteiger charge is 2.28. The third kappa shape index (κ3) is 6.55. The van der Waals surface area contributed by atoms with Crippen LogP contribution in [-0.2, 0) is 33.2 Å². The van der Waals surface area contributed by atoms with Crippen LogP contribution in [-0.4, -0.2) is 60.8 Å².